The van der Waals surface area contributed by atoms with Gasteiger partial charge in [-0.05, 0) is 0 Å². The van der Waals surface area contributed by atoms with Gasteiger partial charge in [-0.1, -0.05) is 5.04 Å². The molecule has 1 aliphatic rings. The minimum atomic E-state index is -9.79. The summed E-state index contributed by atoms with van der Waals surface area (Å²) in [5.41, 5.74) is -8.93. The molecule has 0 aliphatic carbocycles. The van der Waals surface area contributed by atoms with E-state index in [-0.39, 0.29) is 0 Å². The maximum absolute atomic E-state index is 14.4. The van der Waals surface area contributed by atoms with Gasteiger partial charge in [-0.2, -0.15) is 119 Å². The summed E-state index contributed by atoms with van der Waals surface area (Å²) >= 11 is 0. The fraction of sp³-hybridized carbons (Fsp3) is 1.00. The normalized spacial score (nSPS) is 24.1. The van der Waals surface area contributed by atoms with Gasteiger partial charge in [0, 0.05) is 0 Å². The van der Waals surface area contributed by atoms with Gasteiger partial charge in [0.2, 0.25) is 0 Å². The molecule has 1 heterocycles. The predicted octanol–water partition coefficient (Wildman–Crippen LogP) is 8.05. The van der Waals surface area contributed by atoms with Gasteiger partial charge in [-0.3, -0.25) is 0 Å². The van der Waals surface area contributed by atoms with Crippen LogP contribution in [0.15, 0.2) is 0 Å². The first-order valence-electron chi connectivity index (χ1n) is 8.66. The number of hydrogen-bond donors (Lipinski definition) is 0. The largest absolute Gasteiger partial charge is 0.460 e. The third kappa shape index (κ3) is 4.02. The first kappa shape index (κ1) is 38.1. The van der Waals surface area contributed by atoms with E-state index in [1.807, 2.05) is 9.93 Å². The topological polar surface area (TPSA) is 27.7 Å². The van der Waals surface area contributed by atoms with E-state index in [1.165, 1.54) is 0 Å². The smallest absolute Gasteiger partial charge is 0.196 e. The maximum atomic E-state index is 14.4. The van der Waals surface area contributed by atoms with Crippen molar-refractivity contribution < 1.29 is 129 Å². The number of rotatable bonds is 8. The monoisotopic (exact) mass is 698 g/mol. The van der Waals surface area contributed by atoms with Gasteiger partial charge < -0.3 is 0 Å². The lowest BCUT2D eigenvalue weighted by Gasteiger charge is -2.52. The zero-order valence-corrected chi connectivity index (χ0v) is 17.6. The second-order valence-corrected chi connectivity index (χ2v) is 7.60. The van der Waals surface area contributed by atoms with Crippen LogP contribution in [0.2, 0.25) is 0 Å². The second kappa shape index (κ2) is 9.05. The Kier molecular flexibility index (Phi) is 8.21. The summed E-state index contributed by atoms with van der Waals surface area (Å²) in [6, 6.07) is 0. The highest BCUT2D eigenvalue weighted by Crippen LogP contribution is 2.70. The Morgan fingerprint density at radius 2 is 0.643 bits per heavy atom. The van der Waals surface area contributed by atoms with Gasteiger partial charge in [-0.15, -0.1) is 4.89 Å². The summed E-state index contributed by atoms with van der Waals surface area (Å²) in [5, 5.41) is 1.85. The van der Waals surface area contributed by atoms with Crippen molar-refractivity contribution in [1.29, 1.82) is 0 Å². The molecule has 1 rings (SSSR count). The van der Waals surface area contributed by atoms with E-state index in [4.69, 9.17) is 0 Å². The van der Waals surface area contributed by atoms with Crippen LogP contribution in [0.1, 0.15) is 0 Å². The fourth-order valence-corrected chi connectivity index (χ4v) is 2.70. The summed E-state index contributed by atoms with van der Waals surface area (Å²) in [7, 11) is 0. The third-order valence-corrected chi connectivity index (χ3v) is 5.07. The van der Waals surface area contributed by atoms with Gasteiger partial charge in [0.1, 0.15) is 0 Å². The first-order chi connectivity index (χ1) is 17.7. The van der Waals surface area contributed by atoms with E-state index in [2.05, 4.69) is 0 Å². The minimum absolute atomic E-state index is 1.68. The highest BCUT2D eigenvalue weighted by Gasteiger charge is 3.04. The molecule has 0 N–H and O–H groups in total. The quantitative estimate of drug-likeness (QED) is 0.190. The summed E-state index contributed by atoms with van der Waals surface area (Å²) < 4.78 is 347. The average Bonchev–Trinajstić information content (AvgIpc) is 2.72. The van der Waals surface area contributed by atoms with Gasteiger partial charge in [-0.25, -0.2) is 0 Å². The molecule has 0 saturated carbocycles. The number of halogens is 26. The fourth-order valence-electron chi connectivity index (χ4n) is 2.70. The Balaban J connectivity index is 4.23. The molecule has 1 aliphatic heterocycles. The van der Waals surface area contributed by atoms with Crippen molar-refractivity contribution in [2.75, 3.05) is 0 Å². The second-order valence-electron chi connectivity index (χ2n) is 7.60. The Labute approximate surface area is 208 Å². The van der Waals surface area contributed by atoms with E-state index in [9.17, 15) is 114 Å². The van der Waals surface area contributed by atoms with Crippen molar-refractivity contribution in [3.63, 3.8) is 0 Å². The third-order valence-electron chi connectivity index (χ3n) is 5.07. The molecule has 0 amide bonds. The molecule has 0 aromatic rings. The van der Waals surface area contributed by atoms with Crippen molar-refractivity contribution in [1.82, 2.24) is 0 Å². The summed E-state index contributed by atoms with van der Waals surface area (Å²) in [6.45, 7) is 0. The molecule has 1 atom stereocenters. The first-order valence-corrected chi connectivity index (χ1v) is 8.66. The van der Waals surface area contributed by atoms with Gasteiger partial charge in [0.15, 0.2) is 0 Å². The number of alkyl halides is 26. The molecular formula is C13F26O3. The highest BCUT2D eigenvalue weighted by molar-refractivity contribution is 5.25. The van der Waals surface area contributed by atoms with Crippen LogP contribution in [0.5, 0.6) is 0 Å². The van der Waals surface area contributed by atoms with Crippen molar-refractivity contribution in [3.05, 3.63) is 0 Å². The molecule has 1 fully saturated rings. The van der Waals surface area contributed by atoms with Crippen LogP contribution in [0.25, 0.3) is 0 Å². The van der Waals surface area contributed by atoms with E-state index < -0.39 is 77.4 Å². The van der Waals surface area contributed by atoms with Gasteiger partial charge >= 0.3 is 77.4 Å². The summed E-state index contributed by atoms with van der Waals surface area (Å²) in [4.78, 5) is 3.53. The Morgan fingerprint density at radius 3 is 0.952 bits per heavy atom. The predicted molar refractivity (Wildman–Crippen MR) is 67.6 cm³/mol. The van der Waals surface area contributed by atoms with Crippen LogP contribution >= 0.6 is 0 Å². The van der Waals surface area contributed by atoms with Crippen LogP contribution < -0.4 is 0 Å². The lowest BCUT2D eigenvalue weighted by Crippen LogP contribution is -2.86. The van der Waals surface area contributed by atoms with Crippen molar-refractivity contribution in [2.45, 2.75) is 77.4 Å². The van der Waals surface area contributed by atoms with E-state index >= 15 is 0 Å². The Bertz CT molecular complexity index is 1010. The van der Waals surface area contributed by atoms with Crippen molar-refractivity contribution in [3.8, 4) is 0 Å². The van der Waals surface area contributed by atoms with Crippen molar-refractivity contribution in [2.24, 2.45) is 0 Å². The lowest BCUT2D eigenvalue weighted by molar-refractivity contribution is -0.708. The highest BCUT2D eigenvalue weighted by atomic mass is 19.4. The standard InChI is InChI=1S/C13F26O3/c14-2(15,1(3(16,17)11(32,33)34)4(18,19)13(38,39)41-42-40-1)5(20,21)6(22,23)7(24,25)8(26,27)9(28,29)10(30,31)12(35,36)37. The molecule has 0 bridgehead atoms. The zero-order chi connectivity index (χ0) is 34.6. The number of hydrogen-bond acceptors (Lipinski definition) is 3. The van der Waals surface area contributed by atoms with Crippen LogP contribution in [-0.4, -0.2) is 77.4 Å². The Morgan fingerprint density at radius 1 is 0.333 bits per heavy atom. The van der Waals surface area contributed by atoms with Gasteiger partial charge in [0.25, 0.3) is 0 Å². The maximum Gasteiger partial charge on any atom is 0.460 e. The molecule has 0 radical (unpaired) electrons. The molecule has 42 heavy (non-hydrogen) atoms. The molecule has 252 valence electrons. The van der Waals surface area contributed by atoms with Crippen molar-refractivity contribution >= 4 is 0 Å². The van der Waals surface area contributed by atoms with E-state index in [1.54, 1.807) is 4.89 Å². The van der Waals surface area contributed by atoms with Crippen LogP contribution in [0, 0.1) is 0 Å². The molecule has 0 spiro atoms. The molecule has 0 aromatic heterocycles. The summed E-state index contributed by atoms with van der Waals surface area (Å²) in [5.74, 6) is -83.9. The SMILES string of the molecule is FC(F)(F)C(F)(F)C(F)(F)C(F)(F)C(F)(F)C(F)(F)C(F)(F)C(F)(F)C1(C(F)(F)C(F)(F)F)OOOC(F)(F)C1(F)F. The molecule has 1 unspecified atom stereocenters. The molecule has 1 saturated heterocycles. The van der Waals surface area contributed by atoms with Gasteiger partial charge in [0.05, 0.1) is 0 Å². The average molecular weight is 698 g/mol. The van der Waals surface area contributed by atoms with Crippen LogP contribution in [0.3, 0.4) is 0 Å². The summed E-state index contributed by atoms with van der Waals surface area (Å²) in [6.07, 6.45) is -24.4. The molecule has 3 nitrogen and oxygen atoms in total. The Hall–Kier alpha value is -1.94. The van der Waals surface area contributed by atoms with Crippen LogP contribution in [-0.2, 0) is 14.8 Å². The zero-order valence-electron chi connectivity index (χ0n) is 17.6. The van der Waals surface area contributed by atoms with Crippen LogP contribution in [0.4, 0.5) is 114 Å². The molecule has 29 heteroatoms. The van der Waals surface area contributed by atoms with E-state index in [0.717, 1.165) is 0 Å². The molecule has 0 aromatic carbocycles. The minimum Gasteiger partial charge on any atom is -0.196 e. The molecular weight excluding hydrogens is 698 g/mol. The lowest BCUT2D eigenvalue weighted by atomic mass is 9.75. The van der Waals surface area contributed by atoms with E-state index in [0.29, 0.717) is 0 Å².